The number of morpholine rings is 1. The number of benzene rings is 3. The fourth-order valence-corrected chi connectivity index (χ4v) is 4.59. The van der Waals surface area contributed by atoms with Crippen molar-refractivity contribution < 1.29 is 14.1 Å². The van der Waals surface area contributed by atoms with E-state index in [-0.39, 0.29) is 5.91 Å². The molecule has 1 aliphatic heterocycles. The van der Waals surface area contributed by atoms with Gasteiger partial charge in [0.25, 0.3) is 0 Å². The van der Waals surface area contributed by atoms with Gasteiger partial charge in [-0.15, -0.1) is 0 Å². The normalized spacial score (nSPS) is 13.5. The van der Waals surface area contributed by atoms with Crippen molar-refractivity contribution in [3.05, 3.63) is 107 Å². The van der Waals surface area contributed by atoms with Gasteiger partial charge in [-0.05, 0) is 24.1 Å². The molecule has 1 saturated heterocycles. The molecule has 0 N–H and O–H groups in total. The van der Waals surface area contributed by atoms with Crippen LogP contribution in [0.15, 0.2) is 89.5 Å². The molecule has 1 aliphatic rings. The molecule has 3 aromatic carbocycles. The fraction of sp³-hybridized carbons (Fsp3) is 0.267. The molecule has 6 heteroatoms. The smallest absolute Gasteiger partial charge is 0.233 e. The van der Waals surface area contributed by atoms with Crippen LogP contribution in [0.25, 0.3) is 11.3 Å². The lowest BCUT2D eigenvalue weighted by molar-refractivity contribution is -0.131. The van der Waals surface area contributed by atoms with Crippen molar-refractivity contribution in [2.24, 2.45) is 0 Å². The molecule has 1 amide bonds. The maximum absolute atomic E-state index is 13.7. The summed E-state index contributed by atoms with van der Waals surface area (Å²) in [6.07, 6.45) is 0.339. The number of carbonyl (C=O) groups excluding carboxylic acids is 1. The van der Waals surface area contributed by atoms with E-state index < -0.39 is 0 Å². The monoisotopic (exact) mass is 481 g/mol. The maximum atomic E-state index is 13.7. The van der Waals surface area contributed by atoms with Gasteiger partial charge in [-0.2, -0.15) is 0 Å². The molecule has 1 aromatic heterocycles. The first-order valence-electron chi connectivity index (χ1n) is 12.4. The van der Waals surface area contributed by atoms with E-state index in [0.29, 0.717) is 32.7 Å². The Labute approximate surface area is 212 Å². The van der Waals surface area contributed by atoms with Crippen LogP contribution in [0.3, 0.4) is 0 Å². The van der Waals surface area contributed by atoms with Gasteiger partial charge in [-0.3, -0.25) is 4.79 Å². The zero-order valence-corrected chi connectivity index (χ0v) is 20.6. The van der Waals surface area contributed by atoms with Crippen molar-refractivity contribution in [1.29, 1.82) is 0 Å². The summed E-state index contributed by atoms with van der Waals surface area (Å²) < 4.78 is 11.5. The van der Waals surface area contributed by atoms with Crippen LogP contribution in [0.5, 0.6) is 0 Å². The summed E-state index contributed by atoms with van der Waals surface area (Å²) in [4.78, 5) is 17.8. The highest BCUT2D eigenvalue weighted by Gasteiger charge is 2.27. The van der Waals surface area contributed by atoms with Gasteiger partial charge < -0.3 is 19.1 Å². The predicted octanol–water partition coefficient (Wildman–Crippen LogP) is 5.26. The second kappa shape index (κ2) is 11.2. The minimum absolute atomic E-state index is 0.0642. The molecule has 2 heterocycles. The Balaban J connectivity index is 1.52. The highest BCUT2D eigenvalue weighted by molar-refractivity contribution is 5.79. The predicted molar refractivity (Wildman–Crippen MR) is 141 cm³/mol. The van der Waals surface area contributed by atoms with Crippen molar-refractivity contribution in [3.63, 3.8) is 0 Å². The number of hydrogen-bond acceptors (Lipinski definition) is 5. The number of rotatable bonds is 8. The number of aromatic nitrogens is 1. The number of ether oxygens (including phenoxy) is 1. The van der Waals surface area contributed by atoms with Crippen LogP contribution in [0, 0.1) is 6.92 Å². The standard InChI is InChI=1S/C30H31N3O3/c1-23-9-8-14-26(19-23)29-27(30(36-31-29)32-15-17-35-18-16-32)22-33(21-25-12-6-3-7-13-25)28(34)20-24-10-4-2-5-11-24/h2-14,19H,15-18,20-22H2,1H3. The molecule has 4 aromatic rings. The van der Waals surface area contributed by atoms with E-state index >= 15 is 0 Å². The van der Waals surface area contributed by atoms with Crippen LogP contribution in [0.4, 0.5) is 5.88 Å². The van der Waals surface area contributed by atoms with E-state index in [1.54, 1.807) is 0 Å². The molecule has 1 fully saturated rings. The molecule has 0 radical (unpaired) electrons. The molecule has 0 unspecified atom stereocenters. The molecular weight excluding hydrogens is 450 g/mol. The Bertz CT molecular complexity index is 1280. The van der Waals surface area contributed by atoms with Crippen LogP contribution in [0.1, 0.15) is 22.3 Å². The Morgan fingerprint density at radius 1 is 0.889 bits per heavy atom. The zero-order chi connectivity index (χ0) is 24.7. The SMILES string of the molecule is Cc1cccc(-c2noc(N3CCOCC3)c2CN(Cc2ccccc2)C(=O)Cc2ccccc2)c1. The van der Waals surface area contributed by atoms with Gasteiger partial charge in [0.05, 0.1) is 31.7 Å². The number of nitrogens with zero attached hydrogens (tertiary/aromatic N) is 3. The molecule has 184 valence electrons. The van der Waals surface area contributed by atoms with Crippen LogP contribution in [-0.4, -0.2) is 42.3 Å². The van der Waals surface area contributed by atoms with Crippen LogP contribution >= 0.6 is 0 Å². The van der Waals surface area contributed by atoms with E-state index in [9.17, 15) is 4.79 Å². The topological polar surface area (TPSA) is 58.8 Å². The van der Waals surface area contributed by atoms with E-state index in [2.05, 4.69) is 41.2 Å². The third-order valence-electron chi connectivity index (χ3n) is 6.47. The Morgan fingerprint density at radius 3 is 2.28 bits per heavy atom. The second-order valence-electron chi connectivity index (χ2n) is 9.18. The van der Waals surface area contributed by atoms with Crippen LogP contribution in [-0.2, 0) is 29.0 Å². The van der Waals surface area contributed by atoms with Crippen molar-refractivity contribution in [2.45, 2.75) is 26.4 Å². The van der Waals surface area contributed by atoms with E-state index in [1.807, 2.05) is 65.6 Å². The lowest BCUT2D eigenvalue weighted by atomic mass is 10.0. The number of aryl methyl sites for hydroxylation is 1. The number of anilines is 1. The van der Waals surface area contributed by atoms with E-state index in [1.165, 1.54) is 0 Å². The van der Waals surface area contributed by atoms with E-state index in [0.717, 1.165) is 52.5 Å². The molecule has 0 saturated carbocycles. The summed E-state index contributed by atoms with van der Waals surface area (Å²) >= 11 is 0. The minimum atomic E-state index is 0.0642. The summed E-state index contributed by atoms with van der Waals surface area (Å²) in [5.41, 5.74) is 5.93. The van der Waals surface area contributed by atoms with E-state index in [4.69, 9.17) is 9.26 Å². The van der Waals surface area contributed by atoms with Gasteiger partial charge in [0.1, 0.15) is 5.69 Å². The van der Waals surface area contributed by atoms with Gasteiger partial charge in [-0.25, -0.2) is 0 Å². The molecule has 6 nitrogen and oxygen atoms in total. The molecule has 0 atom stereocenters. The lowest BCUT2D eigenvalue weighted by Gasteiger charge is -2.28. The number of carbonyl (C=O) groups is 1. The quantitative estimate of drug-likeness (QED) is 0.344. The Kier molecular flexibility index (Phi) is 7.43. The highest BCUT2D eigenvalue weighted by atomic mass is 16.5. The largest absolute Gasteiger partial charge is 0.378 e. The van der Waals surface area contributed by atoms with Gasteiger partial charge in [0.15, 0.2) is 0 Å². The Morgan fingerprint density at radius 2 is 1.58 bits per heavy atom. The van der Waals surface area contributed by atoms with Crippen LogP contribution < -0.4 is 4.90 Å². The Hall–Kier alpha value is -3.90. The zero-order valence-electron chi connectivity index (χ0n) is 20.6. The third-order valence-corrected chi connectivity index (χ3v) is 6.47. The van der Waals surface area contributed by atoms with Crippen molar-refractivity contribution in [3.8, 4) is 11.3 Å². The van der Waals surface area contributed by atoms with Gasteiger partial charge in [0.2, 0.25) is 11.8 Å². The summed E-state index contributed by atoms with van der Waals surface area (Å²) in [6.45, 7) is 5.71. The first-order valence-corrected chi connectivity index (χ1v) is 12.4. The van der Waals surface area contributed by atoms with Gasteiger partial charge in [-0.1, -0.05) is 89.6 Å². The molecule has 5 rings (SSSR count). The molecule has 0 bridgehead atoms. The summed E-state index contributed by atoms with van der Waals surface area (Å²) in [5.74, 6) is 0.787. The number of amides is 1. The average Bonchev–Trinajstić information content (AvgIpc) is 3.33. The summed E-state index contributed by atoms with van der Waals surface area (Å²) in [5, 5.41) is 4.51. The summed E-state index contributed by atoms with van der Waals surface area (Å²) in [6, 6.07) is 28.3. The second-order valence-corrected chi connectivity index (χ2v) is 9.18. The third kappa shape index (κ3) is 5.66. The highest BCUT2D eigenvalue weighted by Crippen LogP contribution is 2.34. The maximum Gasteiger partial charge on any atom is 0.233 e. The van der Waals surface area contributed by atoms with Gasteiger partial charge >= 0.3 is 0 Å². The van der Waals surface area contributed by atoms with Crippen molar-refractivity contribution in [1.82, 2.24) is 10.1 Å². The molecule has 0 spiro atoms. The van der Waals surface area contributed by atoms with Crippen molar-refractivity contribution in [2.75, 3.05) is 31.2 Å². The fourth-order valence-electron chi connectivity index (χ4n) is 4.59. The minimum Gasteiger partial charge on any atom is -0.378 e. The first kappa shape index (κ1) is 23.8. The van der Waals surface area contributed by atoms with Crippen molar-refractivity contribution >= 4 is 11.8 Å². The lowest BCUT2D eigenvalue weighted by Crippen LogP contribution is -2.37. The van der Waals surface area contributed by atoms with Gasteiger partial charge in [0, 0.05) is 25.2 Å². The van der Waals surface area contributed by atoms with Crippen LogP contribution in [0.2, 0.25) is 0 Å². The first-order chi connectivity index (χ1) is 17.7. The summed E-state index contributed by atoms with van der Waals surface area (Å²) in [7, 11) is 0. The average molecular weight is 482 g/mol. The number of hydrogen-bond donors (Lipinski definition) is 0. The molecule has 0 aliphatic carbocycles. The molecular formula is C30H31N3O3. The molecule has 36 heavy (non-hydrogen) atoms.